The Labute approximate surface area is 93.7 Å². The van der Waals surface area contributed by atoms with E-state index < -0.39 is 0 Å². The Morgan fingerprint density at radius 1 is 1.40 bits per heavy atom. The molecule has 0 amide bonds. The Balaban J connectivity index is 2.54. The maximum absolute atomic E-state index is 5.32. The van der Waals surface area contributed by atoms with Gasteiger partial charge in [-0.3, -0.25) is 0 Å². The van der Waals surface area contributed by atoms with E-state index in [-0.39, 0.29) is 0 Å². The second-order valence-electron chi connectivity index (χ2n) is 3.11. The molecule has 0 atom stereocenters. The molecular formula is C10H13N3OS. The summed E-state index contributed by atoms with van der Waals surface area (Å²) in [5.41, 5.74) is 1.76. The summed E-state index contributed by atoms with van der Waals surface area (Å²) in [6, 6.07) is 3.70. The first-order valence-corrected chi connectivity index (χ1v) is 5.41. The molecule has 0 spiro atoms. The van der Waals surface area contributed by atoms with Crippen molar-refractivity contribution in [1.29, 1.82) is 0 Å². The van der Waals surface area contributed by atoms with Gasteiger partial charge in [-0.1, -0.05) is 6.92 Å². The van der Waals surface area contributed by atoms with Crippen molar-refractivity contribution in [2.45, 2.75) is 25.3 Å². The van der Waals surface area contributed by atoms with E-state index in [1.54, 1.807) is 4.52 Å². The SMILES string of the molecule is CCOc1ccc2nc(CC)c(S)n2n1. The van der Waals surface area contributed by atoms with Crippen LogP contribution in [0.25, 0.3) is 5.65 Å². The Kier molecular flexibility index (Phi) is 2.81. The standard InChI is InChI=1S/C10H13N3OS/c1-3-7-10(15)13-8(11-7)5-6-9(12-13)14-4-2/h5-6,15H,3-4H2,1-2H3. The molecule has 0 radical (unpaired) electrons. The average Bonchev–Trinajstić information content (AvgIpc) is 2.56. The van der Waals surface area contributed by atoms with Gasteiger partial charge in [-0.25, -0.2) is 9.50 Å². The van der Waals surface area contributed by atoms with Gasteiger partial charge in [-0.15, -0.1) is 17.7 Å². The van der Waals surface area contributed by atoms with Crippen molar-refractivity contribution in [3.63, 3.8) is 0 Å². The third-order valence-corrected chi connectivity index (χ3v) is 2.57. The molecule has 0 N–H and O–H groups in total. The van der Waals surface area contributed by atoms with Crippen molar-refractivity contribution in [1.82, 2.24) is 14.6 Å². The summed E-state index contributed by atoms with van der Waals surface area (Å²) in [5, 5.41) is 5.07. The molecule has 5 heteroatoms. The lowest BCUT2D eigenvalue weighted by Gasteiger charge is -2.01. The van der Waals surface area contributed by atoms with Crippen LogP contribution >= 0.6 is 12.6 Å². The molecule has 0 bridgehead atoms. The zero-order valence-corrected chi connectivity index (χ0v) is 9.66. The second kappa shape index (κ2) is 4.10. The molecule has 2 aromatic rings. The topological polar surface area (TPSA) is 39.4 Å². The first-order chi connectivity index (χ1) is 7.26. The molecule has 2 rings (SSSR count). The summed E-state index contributed by atoms with van der Waals surface area (Å²) >= 11 is 4.39. The van der Waals surface area contributed by atoms with Crippen molar-refractivity contribution in [2.24, 2.45) is 0 Å². The van der Waals surface area contributed by atoms with Gasteiger partial charge in [0, 0.05) is 6.07 Å². The fraction of sp³-hybridized carbons (Fsp3) is 0.400. The van der Waals surface area contributed by atoms with Gasteiger partial charge in [0.25, 0.3) is 0 Å². The minimum absolute atomic E-state index is 0.598. The Hall–Kier alpha value is -1.23. The van der Waals surface area contributed by atoms with Crippen LogP contribution in [0.1, 0.15) is 19.5 Å². The van der Waals surface area contributed by atoms with Crippen molar-refractivity contribution in [3.8, 4) is 5.88 Å². The summed E-state index contributed by atoms with van der Waals surface area (Å²) in [6.07, 6.45) is 0.853. The van der Waals surface area contributed by atoms with Gasteiger partial charge in [-0.05, 0) is 19.4 Å². The predicted octanol–water partition coefficient (Wildman–Crippen LogP) is 1.98. The van der Waals surface area contributed by atoms with Crippen LogP contribution in [0, 0.1) is 0 Å². The first-order valence-electron chi connectivity index (χ1n) is 4.96. The number of nitrogens with zero attached hydrogens (tertiary/aromatic N) is 3. The van der Waals surface area contributed by atoms with E-state index in [0.29, 0.717) is 12.5 Å². The normalized spacial score (nSPS) is 10.9. The van der Waals surface area contributed by atoms with Gasteiger partial charge in [0.2, 0.25) is 5.88 Å². The van der Waals surface area contributed by atoms with Crippen LogP contribution in [-0.2, 0) is 6.42 Å². The summed E-state index contributed by atoms with van der Waals surface area (Å²) in [6.45, 7) is 4.58. The maximum atomic E-state index is 5.32. The number of aryl methyl sites for hydroxylation is 1. The van der Waals surface area contributed by atoms with Crippen LogP contribution in [0.3, 0.4) is 0 Å². The van der Waals surface area contributed by atoms with Crippen molar-refractivity contribution in [2.75, 3.05) is 6.61 Å². The third-order valence-electron chi connectivity index (χ3n) is 2.13. The first kappa shape index (κ1) is 10.3. The van der Waals surface area contributed by atoms with E-state index in [2.05, 4.69) is 22.7 Å². The molecule has 2 heterocycles. The predicted molar refractivity (Wildman–Crippen MR) is 60.8 cm³/mol. The van der Waals surface area contributed by atoms with Gasteiger partial charge in [0.1, 0.15) is 5.03 Å². The fourth-order valence-corrected chi connectivity index (χ4v) is 1.77. The maximum Gasteiger partial charge on any atom is 0.231 e. The summed E-state index contributed by atoms with van der Waals surface area (Å²) in [5.74, 6) is 0.598. The van der Waals surface area contributed by atoms with E-state index >= 15 is 0 Å². The lowest BCUT2D eigenvalue weighted by Crippen LogP contribution is -1.99. The Morgan fingerprint density at radius 2 is 2.20 bits per heavy atom. The lowest BCUT2D eigenvalue weighted by molar-refractivity contribution is 0.320. The lowest BCUT2D eigenvalue weighted by atomic mass is 10.4. The third kappa shape index (κ3) is 1.79. The summed E-state index contributed by atoms with van der Waals surface area (Å²) in [4.78, 5) is 4.40. The average molecular weight is 223 g/mol. The van der Waals surface area contributed by atoms with Crippen LogP contribution in [0.15, 0.2) is 17.2 Å². The molecule has 0 saturated carbocycles. The highest BCUT2D eigenvalue weighted by atomic mass is 32.1. The minimum Gasteiger partial charge on any atom is -0.477 e. The number of fused-ring (bicyclic) bond motifs is 1. The monoisotopic (exact) mass is 223 g/mol. The van der Waals surface area contributed by atoms with E-state index in [4.69, 9.17) is 4.74 Å². The smallest absolute Gasteiger partial charge is 0.231 e. The second-order valence-corrected chi connectivity index (χ2v) is 3.53. The van der Waals surface area contributed by atoms with Gasteiger partial charge >= 0.3 is 0 Å². The largest absolute Gasteiger partial charge is 0.477 e. The highest BCUT2D eigenvalue weighted by Crippen LogP contribution is 2.17. The Morgan fingerprint density at radius 3 is 2.87 bits per heavy atom. The molecule has 0 saturated heterocycles. The zero-order chi connectivity index (χ0) is 10.8. The molecule has 0 aliphatic carbocycles. The minimum atomic E-state index is 0.598. The molecule has 2 aromatic heterocycles. The molecule has 0 fully saturated rings. The Bertz CT molecular complexity index is 481. The highest BCUT2D eigenvalue weighted by Gasteiger charge is 2.08. The van der Waals surface area contributed by atoms with Crippen molar-refractivity contribution >= 4 is 18.3 Å². The van der Waals surface area contributed by atoms with E-state index in [9.17, 15) is 0 Å². The molecular weight excluding hydrogens is 210 g/mol. The molecule has 4 nitrogen and oxygen atoms in total. The number of imidazole rings is 1. The van der Waals surface area contributed by atoms with Crippen LogP contribution in [-0.4, -0.2) is 21.2 Å². The van der Waals surface area contributed by atoms with Crippen LogP contribution < -0.4 is 4.74 Å². The molecule has 0 aliphatic heterocycles. The van der Waals surface area contributed by atoms with E-state index in [1.165, 1.54) is 0 Å². The molecule has 80 valence electrons. The highest BCUT2D eigenvalue weighted by molar-refractivity contribution is 7.80. The van der Waals surface area contributed by atoms with Crippen molar-refractivity contribution < 1.29 is 4.74 Å². The molecule has 15 heavy (non-hydrogen) atoms. The zero-order valence-electron chi connectivity index (χ0n) is 8.77. The number of thiol groups is 1. The van der Waals surface area contributed by atoms with Gasteiger partial charge < -0.3 is 4.74 Å². The van der Waals surface area contributed by atoms with E-state index in [0.717, 1.165) is 22.8 Å². The number of ether oxygens (including phenoxy) is 1. The van der Waals surface area contributed by atoms with E-state index in [1.807, 2.05) is 26.0 Å². The van der Waals surface area contributed by atoms with Crippen LogP contribution in [0.4, 0.5) is 0 Å². The summed E-state index contributed by atoms with van der Waals surface area (Å²) in [7, 11) is 0. The number of aromatic nitrogens is 3. The van der Waals surface area contributed by atoms with Crippen molar-refractivity contribution in [3.05, 3.63) is 17.8 Å². The number of hydrogen-bond donors (Lipinski definition) is 1. The van der Waals surface area contributed by atoms with Crippen LogP contribution in [0.5, 0.6) is 5.88 Å². The van der Waals surface area contributed by atoms with Crippen LogP contribution in [0.2, 0.25) is 0 Å². The quantitative estimate of drug-likeness (QED) is 0.809. The molecule has 0 aliphatic rings. The number of hydrogen-bond acceptors (Lipinski definition) is 4. The fourth-order valence-electron chi connectivity index (χ4n) is 1.41. The van der Waals surface area contributed by atoms with Gasteiger partial charge in [0.15, 0.2) is 5.65 Å². The molecule has 0 unspecified atom stereocenters. The number of rotatable bonds is 3. The van der Waals surface area contributed by atoms with Gasteiger partial charge in [0.05, 0.1) is 12.3 Å². The molecule has 0 aromatic carbocycles. The van der Waals surface area contributed by atoms with Gasteiger partial charge in [-0.2, -0.15) is 0 Å². The summed E-state index contributed by atoms with van der Waals surface area (Å²) < 4.78 is 7.02.